The van der Waals surface area contributed by atoms with Gasteiger partial charge in [0.05, 0.1) is 29.9 Å². The van der Waals surface area contributed by atoms with Crippen LogP contribution in [0.3, 0.4) is 0 Å². The van der Waals surface area contributed by atoms with E-state index in [9.17, 15) is 4.79 Å². The number of nitrogens with two attached hydrogens (primary N) is 1. The number of thiophene rings is 1. The van der Waals surface area contributed by atoms with Gasteiger partial charge in [-0.2, -0.15) is 0 Å². The van der Waals surface area contributed by atoms with Crippen molar-refractivity contribution in [2.45, 2.75) is 26.4 Å². The Labute approximate surface area is 117 Å². The highest BCUT2D eigenvalue weighted by Crippen LogP contribution is 2.45. The minimum Gasteiger partial charge on any atom is -0.492 e. The van der Waals surface area contributed by atoms with Crippen LogP contribution >= 0.6 is 11.3 Å². The maximum absolute atomic E-state index is 11.6. The molecule has 0 aromatic carbocycles. The molecule has 1 fully saturated rings. The van der Waals surface area contributed by atoms with E-state index in [0.717, 1.165) is 18.1 Å². The van der Waals surface area contributed by atoms with Gasteiger partial charge in [0.2, 0.25) is 0 Å². The van der Waals surface area contributed by atoms with Crippen molar-refractivity contribution in [1.29, 1.82) is 0 Å². The maximum Gasteiger partial charge on any atom is 0.177 e. The normalized spacial score (nSPS) is 18.4. The van der Waals surface area contributed by atoms with Crippen LogP contribution in [0.4, 0.5) is 10.7 Å². The van der Waals surface area contributed by atoms with Gasteiger partial charge in [0.15, 0.2) is 11.5 Å². The molecular weight excluding hydrogens is 264 g/mol. The number of morpholine rings is 1. The minimum absolute atomic E-state index is 0.0282. The molecule has 2 rings (SSSR count). The number of nitrogen functional groups attached to an aromatic ring is 1. The number of Topliss-reactive ketones (excluding diaryl/α,β-unsaturated/α-hetero) is 1. The predicted octanol–water partition coefficient (Wildman–Crippen LogP) is 2.16. The average Bonchev–Trinajstić information content (AvgIpc) is 2.65. The number of carbonyl (C=O) groups excluding carboxylic acids is 1. The van der Waals surface area contributed by atoms with E-state index >= 15 is 0 Å². The van der Waals surface area contributed by atoms with Gasteiger partial charge in [0, 0.05) is 20.0 Å². The van der Waals surface area contributed by atoms with E-state index < -0.39 is 0 Å². The zero-order valence-electron chi connectivity index (χ0n) is 11.8. The monoisotopic (exact) mass is 284 g/mol. The number of methoxy groups -OCH3 is 1. The number of anilines is 2. The number of hydrogen-bond donors (Lipinski definition) is 1. The van der Waals surface area contributed by atoms with Crippen LogP contribution in [0, 0.1) is 0 Å². The lowest BCUT2D eigenvalue weighted by molar-refractivity contribution is -0.0275. The molecule has 0 unspecified atom stereocenters. The van der Waals surface area contributed by atoms with E-state index in [1.807, 2.05) is 0 Å². The quantitative estimate of drug-likeness (QED) is 0.862. The van der Waals surface area contributed by atoms with Crippen molar-refractivity contribution < 1.29 is 14.3 Å². The molecule has 0 atom stereocenters. The molecule has 5 nitrogen and oxygen atoms in total. The minimum atomic E-state index is -0.210. The molecule has 2 heterocycles. The topological polar surface area (TPSA) is 64.8 Å². The second-order valence-corrected chi connectivity index (χ2v) is 6.27. The largest absolute Gasteiger partial charge is 0.492 e. The Balaban J connectivity index is 2.39. The van der Waals surface area contributed by atoms with Crippen molar-refractivity contribution in [2.75, 3.05) is 37.4 Å². The first-order valence-corrected chi connectivity index (χ1v) is 7.03. The lowest BCUT2D eigenvalue weighted by Crippen LogP contribution is -2.48. The highest BCUT2D eigenvalue weighted by Gasteiger charge is 2.31. The molecule has 1 aromatic rings. The van der Waals surface area contributed by atoms with E-state index in [1.165, 1.54) is 18.3 Å². The van der Waals surface area contributed by atoms with Crippen LogP contribution < -0.4 is 15.4 Å². The molecule has 1 saturated heterocycles. The molecule has 2 N–H and O–H groups in total. The number of rotatable bonds is 3. The lowest BCUT2D eigenvalue weighted by atomic mass is 10.1. The number of ketones is 1. The fourth-order valence-corrected chi connectivity index (χ4v) is 3.38. The summed E-state index contributed by atoms with van der Waals surface area (Å²) < 4.78 is 11.1. The van der Waals surface area contributed by atoms with Gasteiger partial charge in [-0.1, -0.05) is 0 Å². The summed E-state index contributed by atoms with van der Waals surface area (Å²) in [6.07, 6.45) is 0. The van der Waals surface area contributed by atoms with Crippen molar-refractivity contribution in [2.24, 2.45) is 0 Å². The highest BCUT2D eigenvalue weighted by molar-refractivity contribution is 7.19. The van der Waals surface area contributed by atoms with Crippen LogP contribution in [0.1, 0.15) is 30.4 Å². The first-order valence-electron chi connectivity index (χ1n) is 6.22. The van der Waals surface area contributed by atoms with Crippen LogP contribution in [0.15, 0.2) is 0 Å². The Hall–Kier alpha value is -1.27. The van der Waals surface area contributed by atoms with E-state index in [2.05, 4.69) is 18.7 Å². The third-order valence-electron chi connectivity index (χ3n) is 3.12. The third-order valence-corrected chi connectivity index (χ3v) is 4.47. The Morgan fingerprint density at radius 3 is 2.74 bits per heavy atom. The highest BCUT2D eigenvalue weighted by atomic mass is 32.1. The SMILES string of the molecule is COc1c(N2CCOC(C)(C)C2)sc(C(C)=O)c1N. The fraction of sp³-hybridized carbons (Fsp3) is 0.615. The van der Waals surface area contributed by atoms with Crippen LogP contribution in [0.25, 0.3) is 0 Å². The van der Waals surface area contributed by atoms with Gasteiger partial charge in [-0.05, 0) is 13.8 Å². The van der Waals surface area contributed by atoms with Gasteiger partial charge in [-0.25, -0.2) is 0 Å². The van der Waals surface area contributed by atoms with Crippen molar-refractivity contribution in [3.63, 3.8) is 0 Å². The summed E-state index contributed by atoms with van der Waals surface area (Å²) in [6.45, 7) is 7.80. The fourth-order valence-electron chi connectivity index (χ4n) is 2.27. The summed E-state index contributed by atoms with van der Waals surface area (Å²) in [6, 6.07) is 0. The summed E-state index contributed by atoms with van der Waals surface area (Å²) in [4.78, 5) is 14.3. The van der Waals surface area contributed by atoms with Gasteiger partial charge in [-0.15, -0.1) is 11.3 Å². The van der Waals surface area contributed by atoms with Gasteiger partial charge in [0.25, 0.3) is 0 Å². The molecule has 0 aliphatic carbocycles. The van der Waals surface area contributed by atoms with E-state index in [1.54, 1.807) is 7.11 Å². The second kappa shape index (κ2) is 5.02. The number of nitrogens with zero attached hydrogens (tertiary/aromatic N) is 1. The zero-order valence-corrected chi connectivity index (χ0v) is 12.6. The summed E-state index contributed by atoms with van der Waals surface area (Å²) in [5.74, 6) is 0.576. The molecule has 0 radical (unpaired) electrons. The number of carbonyl (C=O) groups is 1. The van der Waals surface area contributed by atoms with Gasteiger partial charge in [0.1, 0.15) is 5.00 Å². The van der Waals surface area contributed by atoms with E-state index in [4.69, 9.17) is 15.2 Å². The third kappa shape index (κ3) is 2.69. The standard InChI is InChI=1S/C13H20N2O3S/c1-8(16)11-9(14)10(17-4)12(19-11)15-5-6-18-13(2,3)7-15/h5-7,14H2,1-4H3. The maximum atomic E-state index is 11.6. The molecule has 106 valence electrons. The number of hydrogen-bond acceptors (Lipinski definition) is 6. The number of ether oxygens (including phenoxy) is 2. The molecule has 19 heavy (non-hydrogen) atoms. The Morgan fingerprint density at radius 1 is 1.53 bits per heavy atom. The molecule has 0 bridgehead atoms. The Morgan fingerprint density at radius 2 is 2.21 bits per heavy atom. The van der Waals surface area contributed by atoms with Crippen molar-refractivity contribution in [3.05, 3.63) is 4.88 Å². The summed E-state index contributed by atoms with van der Waals surface area (Å²) in [7, 11) is 1.58. The molecule has 0 spiro atoms. The molecule has 0 saturated carbocycles. The first kappa shape index (κ1) is 14.1. The van der Waals surface area contributed by atoms with Crippen molar-refractivity contribution >= 4 is 27.8 Å². The van der Waals surface area contributed by atoms with Crippen molar-refractivity contribution in [1.82, 2.24) is 0 Å². The summed E-state index contributed by atoms with van der Waals surface area (Å²) in [5.41, 5.74) is 6.23. The summed E-state index contributed by atoms with van der Waals surface area (Å²) >= 11 is 1.40. The van der Waals surface area contributed by atoms with Crippen LogP contribution in [0.2, 0.25) is 0 Å². The van der Waals surface area contributed by atoms with Crippen LogP contribution in [-0.2, 0) is 4.74 Å². The Kier molecular flexibility index (Phi) is 3.73. The van der Waals surface area contributed by atoms with E-state index in [0.29, 0.717) is 22.9 Å². The second-order valence-electron chi connectivity index (χ2n) is 5.27. The van der Waals surface area contributed by atoms with Gasteiger partial charge in [-0.3, -0.25) is 4.79 Å². The van der Waals surface area contributed by atoms with E-state index in [-0.39, 0.29) is 11.4 Å². The molecule has 1 aliphatic rings. The Bertz CT molecular complexity index is 496. The van der Waals surface area contributed by atoms with Gasteiger partial charge >= 0.3 is 0 Å². The average molecular weight is 284 g/mol. The van der Waals surface area contributed by atoms with Crippen LogP contribution in [-0.4, -0.2) is 38.2 Å². The summed E-state index contributed by atoms with van der Waals surface area (Å²) in [5, 5.41) is 0.918. The predicted molar refractivity (Wildman–Crippen MR) is 77.5 cm³/mol. The lowest BCUT2D eigenvalue weighted by Gasteiger charge is -2.38. The van der Waals surface area contributed by atoms with Crippen LogP contribution in [0.5, 0.6) is 5.75 Å². The molecule has 0 amide bonds. The smallest absolute Gasteiger partial charge is 0.177 e. The molecule has 6 heteroatoms. The molecular formula is C13H20N2O3S. The first-order chi connectivity index (χ1) is 8.85. The molecule has 1 aliphatic heterocycles. The van der Waals surface area contributed by atoms with Crippen molar-refractivity contribution in [3.8, 4) is 5.75 Å². The zero-order chi connectivity index (χ0) is 14.2. The molecule has 1 aromatic heterocycles. The van der Waals surface area contributed by atoms with Gasteiger partial charge < -0.3 is 20.1 Å².